The summed E-state index contributed by atoms with van der Waals surface area (Å²) in [7, 11) is 1.31. The number of hydrogen-bond donors (Lipinski definition) is 0. The SMILES string of the molecule is COC(=O)[C@@]12C(=O)OC[C@@H]1[C@H]2c1ccccc1. The van der Waals surface area contributed by atoms with Crippen LogP contribution < -0.4 is 0 Å². The molecule has 1 aromatic rings. The molecule has 0 spiro atoms. The highest BCUT2D eigenvalue weighted by molar-refractivity contribution is 6.07. The van der Waals surface area contributed by atoms with E-state index in [1.54, 1.807) is 0 Å². The number of benzene rings is 1. The predicted molar refractivity (Wildman–Crippen MR) is 58.1 cm³/mol. The van der Waals surface area contributed by atoms with Crippen LogP contribution in [-0.4, -0.2) is 25.7 Å². The minimum absolute atomic E-state index is 0.0650. The zero-order chi connectivity index (χ0) is 12.0. The second kappa shape index (κ2) is 3.32. The maximum atomic E-state index is 11.8. The Hall–Kier alpha value is -1.84. The number of esters is 2. The Bertz CT molecular complexity index is 481. The fourth-order valence-corrected chi connectivity index (χ4v) is 2.94. The summed E-state index contributed by atoms with van der Waals surface area (Å²) >= 11 is 0. The van der Waals surface area contributed by atoms with E-state index in [2.05, 4.69) is 0 Å². The summed E-state index contributed by atoms with van der Waals surface area (Å²) < 4.78 is 9.71. The number of carbonyl (C=O) groups excluding carboxylic acids is 2. The lowest BCUT2D eigenvalue weighted by atomic mass is 9.99. The van der Waals surface area contributed by atoms with Crippen LogP contribution in [-0.2, 0) is 19.1 Å². The molecule has 0 N–H and O–H groups in total. The van der Waals surface area contributed by atoms with Gasteiger partial charge >= 0.3 is 11.9 Å². The Labute approximate surface area is 98.5 Å². The van der Waals surface area contributed by atoms with Gasteiger partial charge in [0.25, 0.3) is 0 Å². The average molecular weight is 232 g/mol. The number of ether oxygens (including phenoxy) is 2. The molecule has 3 atom stereocenters. The third-order valence-corrected chi connectivity index (χ3v) is 3.78. The van der Waals surface area contributed by atoms with Crippen molar-refractivity contribution < 1.29 is 19.1 Å². The van der Waals surface area contributed by atoms with Crippen molar-refractivity contribution in [3.8, 4) is 0 Å². The van der Waals surface area contributed by atoms with Crippen LogP contribution in [0.2, 0.25) is 0 Å². The molecule has 1 aliphatic carbocycles. The van der Waals surface area contributed by atoms with E-state index in [4.69, 9.17) is 9.47 Å². The van der Waals surface area contributed by atoms with Crippen LogP contribution >= 0.6 is 0 Å². The number of methoxy groups -OCH3 is 1. The molecule has 17 heavy (non-hydrogen) atoms. The van der Waals surface area contributed by atoms with E-state index in [1.807, 2.05) is 30.3 Å². The summed E-state index contributed by atoms with van der Waals surface area (Å²) in [5, 5.41) is 0. The van der Waals surface area contributed by atoms with Crippen LogP contribution in [0.15, 0.2) is 30.3 Å². The molecule has 1 aliphatic heterocycles. The van der Waals surface area contributed by atoms with Crippen LogP contribution in [0.3, 0.4) is 0 Å². The molecule has 0 bridgehead atoms. The summed E-state index contributed by atoms with van der Waals surface area (Å²) in [6.07, 6.45) is 0. The Kier molecular flexibility index (Phi) is 2.02. The van der Waals surface area contributed by atoms with E-state index in [1.165, 1.54) is 7.11 Å². The molecule has 0 aromatic heterocycles. The average Bonchev–Trinajstić information content (AvgIpc) is 2.95. The van der Waals surface area contributed by atoms with Gasteiger partial charge in [0, 0.05) is 11.8 Å². The first-order chi connectivity index (χ1) is 8.22. The molecule has 0 radical (unpaired) electrons. The molecule has 2 aliphatic rings. The fourth-order valence-electron chi connectivity index (χ4n) is 2.94. The summed E-state index contributed by atoms with van der Waals surface area (Å²) in [4.78, 5) is 23.6. The second-order valence-corrected chi connectivity index (χ2v) is 4.45. The highest BCUT2D eigenvalue weighted by atomic mass is 16.6. The smallest absolute Gasteiger partial charge is 0.324 e. The molecule has 0 amide bonds. The minimum atomic E-state index is -1.07. The van der Waals surface area contributed by atoms with Gasteiger partial charge < -0.3 is 9.47 Å². The molecule has 3 rings (SSSR count). The summed E-state index contributed by atoms with van der Waals surface area (Å²) in [6.45, 7) is 0.313. The Morgan fingerprint density at radius 1 is 1.41 bits per heavy atom. The standard InChI is InChI=1S/C13H12O4/c1-16-11(14)13-9(7-17-12(13)15)10(13)8-5-3-2-4-6-8/h2-6,9-10H,7H2,1H3/t9-,10-,13-/m1/s1. The molecule has 1 saturated carbocycles. The van der Waals surface area contributed by atoms with Gasteiger partial charge in [-0.1, -0.05) is 30.3 Å². The summed E-state index contributed by atoms with van der Waals surface area (Å²) in [6, 6.07) is 9.58. The molecule has 2 fully saturated rings. The van der Waals surface area contributed by atoms with Gasteiger partial charge in [0.05, 0.1) is 13.7 Å². The Balaban J connectivity index is 2.01. The van der Waals surface area contributed by atoms with E-state index in [-0.39, 0.29) is 11.8 Å². The van der Waals surface area contributed by atoms with Crippen molar-refractivity contribution >= 4 is 11.9 Å². The number of carbonyl (C=O) groups is 2. The van der Waals surface area contributed by atoms with Crippen molar-refractivity contribution in [1.82, 2.24) is 0 Å². The third-order valence-electron chi connectivity index (χ3n) is 3.78. The largest absolute Gasteiger partial charge is 0.468 e. The third kappa shape index (κ3) is 1.12. The second-order valence-electron chi connectivity index (χ2n) is 4.45. The maximum absolute atomic E-state index is 11.8. The van der Waals surface area contributed by atoms with E-state index >= 15 is 0 Å². The zero-order valence-electron chi connectivity index (χ0n) is 9.38. The maximum Gasteiger partial charge on any atom is 0.324 e. The van der Waals surface area contributed by atoms with E-state index in [0.29, 0.717) is 6.61 Å². The first kappa shape index (κ1) is 10.3. The number of rotatable bonds is 2. The van der Waals surface area contributed by atoms with Crippen LogP contribution in [0, 0.1) is 11.3 Å². The van der Waals surface area contributed by atoms with Crippen molar-refractivity contribution in [2.24, 2.45) is 11.3 Å². The molecule has 4 heteroatoms. The molecule has 88 valence electrons. The van der Waals surface area contributed by atoms with Gasteiger partial charge in [0.15, 0.2) is 5.41 Å². The highest BCUT2D eigenvalue weighted by Gasteiger charge is 2.80. The lowest BCUT2D eigenvalue weighted by Crippen LogP contribution is -2.28. The van der Waals surface area contributed by atoms with Crippen molar-refractivity contribution in [2.45, 2.75) is 5.92 Å². The van der Waals surface area contributed by atoms with Gasteiger partial charge in [0.2, 0.25) is 0 Å². The van der Waals surface area contributed by atoms with Crippen molar-refractivity contribution in [3.05, 3.63) is 35.9 Å². The topological polar surface area (TPSA) is 52.6 Å². The van der Waals surface area contributed by atoms with Gasteiger partial charge in [-0.25, -0.2) is 0 Å². The number of fused-ring (bicyclic) bond motifs is 1. The fraction of sp³-hybridized carbons (Fsp3) is 0.385. The van der Waals surface area contributed by atoms with Crippen LogP contribution in [0.25, 0.3) is 0 Å². The first-order valence-corrected chi connectivity index (χ1v) is 5.53. The van der Waals surface area contributed by atoms with Crippen LogP contribution in [0.1, 0.15) is 11.5 Å². The number of hydrogen-bond acceptors (Lipinski definition) is 4. The molecule has 1 saturated heterocycles. The molecule has 4 nitrogen and oxygen atoms in total. The van der Waals surface area contributed by atoms with Gasteiger partial charge in [0.1, 0.15) is 0 Å². The van der Waals surface area contributed by atoms with Crippen molar-refractivity contribution in [2.75, 3.05) is 13.7 Å². The van der Waals surface area contributed by atoms with Crippen LogP contribution in [0.4, 0.5) is 0 Å². The van der Waals surface area contributed by atoms with Gasteiger partial charge in [-0.2, -0.15) is 0 Å². The number of cyclic esters (lactones) is 1. The van der Waals surface area contributed by atoms with Gasteiger partial charge in [-0.3, -0.25) is 9.59 Å². The lowest BCUT2D eigenvalue weighted by Gasteiger charge is -2.11. The Morgan fingerprint density at radius 3 is 2.76 bits per heavy atom. The molecular weight excluding hydrogens is 220 g/mol. The normalized spacial score (nSPS) is 33.8. The quantitative estimate of drug-likeness (QED) is 0.566. The van der Waals surface area contributed by atoms with Crippen molar-refractivity contribution in [1.29, 1.82) is 0 Å². The predicted octanol–water partition coefficient (Wildman–Crippen LogP) is 1.12. The molecular formula is C13H12O4. The monoisotopic (exact) mass is 232 g/mol. The van der Waals surface area contributed by atoms with E-state index < -0.39 is 17.4 Å². The minimum Gasteiger partial charge on any atom is -0.468 e. The first-order valence-electron chi connectivity index (χ1n) is 5.53. The zero-order valence-corrected chi connectivity index (χ0v) is 9.38. The van der Waals surface area contributed by atoms with E-state index in [0.717, 1.165) is 5.56 Å². The summed E-state index contributed by atoms with van der Waals surface area (Å²) in [5.41, 5.74) is -0.0737. The lowest BCUT2D eigenvalue weighted by molar-refractivity contribution is -0.158. The van der Waals surface area contributed by atoms with Crippen LogP contribution in [0.5, 0.6) is 0 Å². The molecule has 1 heterocycles. The Morgan fingerprint density at radius 2 is 2.12 bits per heavy atom. The van der Waals surface area contributed by atoms with Crippen molar-refractivity contribution in [3.63, 3.8) is 0 Å². The summed E-state index contributed by atoms with van der Waals surface area (Å²) in [5.74, 6) is -1.07. The van der Waals surface area contributed by atoms with Gasteiger partial charge in [-0.15, -0.1) is 0 Å². The molecule has 0 unspecified atom stereocenters. The molecule has 1 aromatic carbocycles. The van der Waals surface area contributed by atoms with E-state index in [9.17, 15) is 9.59 Å². The highest BCUT2D eigenvalue weighted by Crippen LogP contribution is 2.69. The van der Waals surface area contributed by atoms with Gasteiger partial charge in [-0.05, 0) is 5.56 Å².